The number of rotatable bonds is 3. The van der Waals surface area contributed by atoms with Crippen molar-refractivity contribution in [3.8, 4) is 0 Å². The second kappa shape index (κ2) is 6.60. The lowest BCUT2D eigenvalue weighted by Crippen LogP contribution is -2.53. The minimum atomic E-state index is -0.0239. The first-order chi connectivity index (χ1) is 12.2. The highest BCUT2D eigenvalue weighted by Crippen LogP contribution is 2.48. The molecule has 0 N–H and O–H groups in total. The Labute approximate surface area is 149 Å². The van der Waals surface area contributed by atoms with Gasteiger partial charge in [0.05, 0.1) is 5.54 Å². The fourth-order valence-corrected chi connectivity index (χ4v) is 4.63. The molecule has 0 unspecified atom stereocenters. The van der Waals surface area contributed by atoms with Crippen molar-refractivity contribution in [3.05, 3.63) is 66.0 Å². The number of hydrogen-bond acceptors (Lipinski definition) is 3. The number of hydrogen-bond donors (Lipinski definition) is 0. The molecule has 2 aliphatic heterocycles. The number of carbonyl (C=O) groups is 1. The number of pyridine rings is 1. The van der Waals surface area contributed by atoms with E-state index in [2.05, 4.69) is 40.2 Å². The van der Waals surface area contributed by atoms with Crippen molar-refractivity contribution in [1.82, 2.24) is 14.8 Å². The summed E-state index contributed by atoms with van der Waals surface area (Å²) in [5.41, 5.74) is 2.54. The number of amides is 1. The highest BCUT2D eigenvalue weighted by molar-refractivity contribution is 5.81. The Hall–Kier alpha value is -2.20. The molecule has 1 amide bonds. The third-order valence-corrected chi connectivity index (χ3v) is 6.12. The van der Waals surface area contributed by atoms with Crippen LogP contribution in [0.1, 0.15) is 36.3 Å². The van der Waals surface area contributed by atoms with Gasteiger partial charge in [0.15, 0.2) is 0 Å². The van der Waals surface area contributed by atoms with Gasteiger partial charge in [0.25, 0.3) is 0 Å². The maximum atomic E-state index is 12.5. The average molecular weight is 335 g/mol. The maximum absolute atomic E-state index is 12.5. The first kappa shape index (κ1) is 16.3. The third-order valence-electron chi connectivity index (χ3n) is 6.12. The monoisotopic (exact) mass is 335 g/mol. The molecule has 4 rings (SSSR count). The number of likely N-dealkylation sites (tertiary alicyclic amines) is 2. The van der Waals surface area contributed by atoms with Crippen LogP contribution in [0.3, 0.4) is 0 Å². The summed E-state index contributed by atoms with van der Waals surface area (Å²) in [6.07, 6.45) is 6.48. The van der Waals surface area contributed by atoms with E-state index >= 15 is 0 Å². The largest absolute Gasteiger partial charge is 0.339 e. The Morgan fingerprint density at radius 3 is 2.56 bits per heavy atom. The lowest BCUT2D eigenvalue weighted by atomic mass is 9.73. The zero-order valence-corrected chi connectivity index (χ0v) is 14.8. The number of benzene rings is 1. The average Bonchev–Trinajstić information content (AvgIpc) is 2.90. The first-order valence-corrected chi connectivity index (χ1v) is 9.12. The van der Waals surface area contributed by atoms with Crippen molar-refractivity contribution >= 4 is 5.91 Å². The molecule has 2 aliphatic rings. The fourth-order valence-electron chi connectivity index (χ4n) is 4.63. The molecule has 1 spiro atoms. The van der Waals surface area contributed by atoms with Crippen molar-refractivity contribution in [1.29, 1.82) is 0 Å². The van der Waals surface area contributed by atoms with Gasteiger partial charge in [-0.2, -0.15) is 0 Å². The second-order valence-corrected chi connectivity index (χ2v) is 7.36. The third kappa shape index (κ3) is 2.95. The predicted molar refractivity (Wildman–Crippen MR) is 98.0 cm³/mol. The summed E-state index contributed by atoms with van der Waals surface area (Å²) in [6.45, 7) is 2.99. The lowest BCUT2D eigenvalue weighted by Gasteiger charge is -2.47. The first-order valence-electron chi connectivity index (χ1n) is 9.12. The van der Waals surface area contributed by atoms with Crippen molar-refractivity contribution in [3.63, 3.8) is 0 Å². The number of nitrogens with zero attached hydrogens (tertiary/aromatic N) is 3. The van der Waals surface area contributed by atoms with Crippen molar-refractivity contribution in [2.24, 2.45) is 0 Å². The lowest BCUT2D eigenvalue weighted by molar-refractivity contribution is -0.130. The summed E-state index contributed by atoms with van der Waals surface area (Å²) >= 11 is 0. The van der Waals surface area contributed by atoms with E-state index in [1.807, 2.05) is 36.5 Å². The van der Waals surface area contributed by atoms with Gasteiger partial charge in [-0.15, -0.1) is 0 Å². The fraction of sp³-hybridized carbons (Fsp3) is 0.429. The van der Waals surface area contributed by atoms with Gasteiger partial charge in [-0.3, -0.25) is 14.7 Å². The van der Waals surface area contributed by atoms with Gasteiger partial charge < -0.3 is 4.90 Å². The topological polar surface area (TPSA) is 36.4 Å². The SMILES string of the molecule is CN1C(=O)C[C@H](c2ccccc2)C12CCN(Cc1cccnc1)CC2. The van der Waals surface area contributed by atoms with Crippen LogP contribution in [-0.4, -0.2) is 46.4 Å². The Balaban J connectivity index is 1.52. The van der Waals surface area contributed by atoms with E-state index in [0.29, 0.717) is 12.3 Å². The molecule has 2 saturated heterocycles. The number of carbonyl (C=O) groups excluding carboxylic acids is 1. The van der Waals surface area contributed by atoms with E-state index in [9.17, 15) is 4.79 Å². The Bertz CT molecular complexity index is 723. The van der Waals surface area contributed by atoms with E-state index in [1.54, 1.807) is 0 Å². The molecule has 0 saturated carbocycles. The van der Waals surface area contributed by atoms with E-state index in [1.165, 1.54) is 11.1 Å². The summed E-state index contributed by atoms with van der Waals surface area (Å²) in [5, 5.41) is 0. The molecule has 2 aromatic rings. The van der Waals surface area contributed by atoms with Crippen molar-refractivity contribution in [2.45, 2.75) is 37.3 Å². The van der Waals surface area contributed by atoms with E-state index in [-0.39, 0.29) is 11.4 Å². The Morgan fingerprint density at radius 1 is 1.12 bits per heavy atom. The second-order valence-electron chi connectivity index (χ2n) is 7.36. The van der Waals surface area contributed by atoms with Gasteiger partial charge in [0.1, 0.15) is 0 Å². The van der Waals surface area contributed by atoms with Crippen LogP contribution in [0.2, 0.25) is 0 Å². The highest BCUT2D eigenvalue weighted by Gasteiger charge is 2.52. The van der Waals surface area contributed by atoms with Crippen LogP contribution in [0, 0.1) is 0 Å². The zero-order valence-electron chi connectivity index (χ0n) is 14.8. The molecule has 1 aromatic carbocycles. The molecule has 2 fully saturated rings. The highest BCUT2D eigenvalue weighted by atomic mass is 16.2. The molecule has 1 atom stereocenters. The van der Waals surface area contributed by atoms with Gasteiger partial charge >= 0.3 is 0 Å². The molecule has 0 aliphatic carbocycles. The summed E-state index contributed by atoms with van der Waals surface area (Å²) in [5.74, 6) is 0.598. The van der Waals surface area contributed by atoms with E-state index in [4.69, 9.17) is 0 Å². The minimum absolute atomic E-state index is 0.0239. The molecule has 130 valence electrons. The molecule has 4 nitrogen and oxygen atoms in total. The normalized spacial score (nSPS) is 23.3. The van der Waals surface area contributed by atoms with E-state index in [0.717, 1.165) is 32.5 Å². The summed E-state index contributed by atoms with van der Waals surface area (Å²) in [6, 6.07) is 14.7. The molecule has 1 aromatic heterocycles. The van der Waals surface area contributed by atoms with Crippen LogP contribution in [-0.2, 0) is 11.3 Å². The molecular weight excluding hydrogens is 310 g/mol. The molecular formula is C21H25N3O. The smallest absolute Gasteiger partial charge is 0.223 e. The van der Waals surface area contributed by atoms with Crippen molar-refractivity contribution in [2.75, 3.05) is 20.1 Å². The van der Waals surface area contributed by atoms with Crippen LogP contribution in [0.5, 0.6) is 0 Å². The van der Waals surface area contributed by atoms with Crippen LogP contribution in [0.15, 0.2) is 54.9 Å². The quantitative estimate of drug-likeness (QED) is 0.865. The van der Waals surface area contributed by atoms with Crippen LogP contribution < -0.4 is 0 Å². The minimum Gasteiger partial charge on any atom is -0.339 e. The standard InChI is InChI=1S/C21H25N3O/c1-23-20(25)14-19(18-7-3-2-4-8-18)21(23)9-12-24(13-10-21)16-17-6-5-11-22-15-17/h2-8,11,15,19H,9-10,12-14,16H2,1H3/t19-/m1/s1. The molecule has 0 bridgehead atoms. The number of piperidine rings is 1. The molecule has 4 heteroatoms. The summed E-state index contributed by atoms with van der Waals surface area (Å²) < 4.78 is 0. The molecule has 25 heavy (non-hydrogen) atoms. The molecule has 3 heterocycles. The summed E-state index contributed by atoms with van der Waals surface area (Å²) in [7, 11) is 2.00. The van der Waals surface area contributed by atoms with Crippen LogP contribution >= 0.6 is 0 Å². The predicted octanol–water partition coefficient (Wildman–Crippen LogP) is 3.06. The van der Waals surface area contributed by atoms with Crippen LogP contribution in [0.4, 0.5) is 0 Å². The van der Waals surface area contributed by atoms with Gasteiger partial charge in [0.2, 0.25) is 5.91 Å². The maximum Gasteiger partial charge on any atom is 0.223 e. The van der Waals surface area contributed by atoms with E-state index < -0.39 is 0 Å². The van der Waals surface area contributed by atoms with Gasteiger partial charge in [-0.1, -0.05) is 36.4 Å². The number of likely N-dealkylation sites (N-methyl/N-ethyl adjacent to an activating group) is 1. The van der Waals surface area contributed by atoms with Crippen LogP contribution in [0.25, 0.3) is 0 Å². The molecule has 0 radical (unpaired) electrons. The Morgan fingerprint density at radius 2 is 1.88 bits per heavy atom. The zero-order chi connectivity index (χ0) is 17.3. The number of aromatic nitrogens is 1. The Kier molecular flexibility index (Phi) is 4.30. The van der Waals surface area contributed by atoms with Gasteiger partial charge in [0, 0.05) is 51.4 Å². The van der Waals surface area contributed by atoms with Crippen molar-refractivity contribution < 1.29 is 4.79 Å². The summed E-state index contributed by atoms with van der Waals surface area (Å²) in [4.78, 5) is 21.3. The van der Waals surface area contributed by atoms with Gasteiger partial charge in [-0.25, -0.2) is 0 Å². The van der Waals surface area contributed by atoms with Gasteiger partial charge in [-0.05, 0) is 30.0 Å².